The monoisotopic (exact) mass is 1010 g/mol. The highest BCUT2D eigenvalue weighted by molar-refractivity contribution is 6.04. The van der Waals surface area contributed by atoms with Gasteiger partial charge in [-0.1, -0.05) is 62.5 Å². The lowest BCUT2D eigenvalue weighted by atomic mass is 9.27. The number of ketones is 1. The zero-order valence-electron chi connectivity index (χ0n) is 43.1. The number of carbonyl (C=O) groups is 1. The first-order valence-corrected chi connectivity index (χ1v) is 28.0. The minimum atomic E-state index is -2.16. The molecule has 15 heteroatoms. The molecule has 6 fully saturated rings. The van der Waals surface area contributed by atoms with Crippen molar-refractivity contribution in [3.05, 3.63) is 59.0 Å². The lowest BCUT2D eigenvalue weighted by molar-refractivity contribution is -0.288. The van der Waals surface area contributed by atoms with Crippen molar-refractivity contribution >= 4 is 5.78 Å². The zero-order valence-corrected chi connectivity index (χ0v) is 43.1. The van der Waals surface area contributed by atoms with Crippen LogP contribution in [0.3, 0.4) is 0 Å². The minimum Gasteiger partial charge on any atom is -0.396 e. The molecule has 0 aromatic rings. The highest BCUT2D eigenvalue weighted by Gasteiger charge is 2.87. The number of nitrogens with one attached hydrogen (secondary N) is 2. The van der Waals surface area contributed by atoms with Gasteiger partial charge in [0.25, 0.3) is 0 Å². The van der Waals surface area contributed by atoms with E-state index in [0.29, 0.717) is 31.6 Å². The van der Waals surface area contributed by atoms with Gasteiger partial charge in [-0.25, -0.2) is 0 Å². The Morgan fingerprint density at radius 2 is 1.73 bits per heavy atom. The topological polar surface area (TPSA) is 279 Å². The third kappa shape index (κ3) is 6.71. The summed E-state index contributed by atoms with van der Waals surface area (Å²) >= 11 is 0. The van der Waals surface area contributed by atoms with Gasteiger partial charge in [-0.3, -0.25) is 4.79 Å². The van der Waals surface area contributed by atoms with Crippen LogP contribution in [-0.4, -0.2) is 142 Å². The van der Waals surface area contributed by atoms with Gasteiger partial charge in [0.1, 0.15) is 5.60 Å². The Bertz CT molecular complexity index is 2460. The van der Waals surface area contributed by atoms with Gasteiger partial charge < -0.3 is 72.2 Å². The van der Waals surface area contributed by atoms with Crippen molar-refractivity contribution in [2.75, 3.05) is 19.8 Å². The van der Waals surface area contributed by atoms with Crippen molar-refractivity contribution in [3.8, 4) is 11.8 Å². The molecule has 0 radical (unpaired) electrons. The second-order valence-corrected chi connectivity index (χ2v) is 25.5. The molecule has 14 N–H and O–H groups in total. The molecule has 1 unspecified atom stereocenters. The molecule has 0 aromatic heterocycles. The van der Waals surface area contributed by atoms with Crippen LogP contribution in [0.4, 0.5) is 0 Å². The van der Waals surface area contributed by atoms with Gasteiger partial charge in [-0.15, -0.1) is 5.92 Å². The maximum atomic E-state index is 16.5. The lowest BCUT2D eigenvalue weighted by Crippen LogP contribution is -2.80. The van der Waals surface area contributed by atoms with Crippen LogP contribution in [0.15, 0.2) is 59.0 Å². The van der Waals surface area contributed by atoms with Crippen molar-refractivity contribution < 1.29 is 60.6 Å². The molecule has 5 saturated carbocycles. The largest absolute Gasteiger partial charge is 0.396 e. The van der Waals surface area contributed by atoms with Gasteiger partial charge >= 0.3 is 0 Å². The molecule has 73 heavy (non-hydrogen) atoms. The van der Waals surface area contributed by atoms with Gasteiger partial charge in [-0.2, -0.15) is 0 Å². The summed E-state index contributed by atoms with van der Waals surface area (Å²) in [7, 11) is 0. The number of Topliss-reactive ketones (excluding diaryl/α,β-unsaturated/α-hetero) is 1. The molecule has 2 heterocycles. The molecule has 13 rings (SSSR count). The first kappa shape index (κ1) is 52.1. The minimum absolute atomic E-state index is 0.0247. The van der Waals surface area contributed by atoms with Crippen LogP contribution < -0.4 is 16.4 Å². The van der Waals surface area contributed by atoms with Crippen molar-refractivity contribution in [3.63, 3.8) is 0 Å². The van der Waals surface area contributed by atoms with Gasteiger partial charge in [0.05, 0.1) is 88.6 Å². The number of aliphatic hydroxyl groups excluding tert-OH is 6. The standard InChI is InChI=1S/C58H83N3O12/c1-4-8-34-12-14-36-42(16-13-34)73-49-45(36)39(65)11-6-20-58(49,72)50(3,69)43-18-21-57(71)47-46(60-29-33(2)64)48(68)52-19-5-9-35(30-63)55(43,57)32-54(70)24-22-51(37-15-17-44(59)61-38(37)10-7-26-62)23-25-56(47,54)53(52,31-51)28-41(67)40(66)27-52/h15,17,22-25,33-36,39-45,49,60-67,69-72H,4,6-8,10-14,16,18-21,26-32,59H2,1-3H3/t33-,34+,35-,36+,39+,40+,41-,42+,43+,44?,45+,49+,50+,51+,52-,53+,54+,55-,56-,57+,58+/m0/s1. The number of hydrogen-bond donors (Lipinski definition) is 13. The summed E-state index contributed by atoms with van der Waals surface area (Å²) in [5.74, 6) is 4.02. The Balaban J connectivity index is 1.17. The summed E-state index contributed by atoms with van der Waals surface area (Å²) in [6.07, 6.45) is 11.9. The van der Waals surface area contributed by atoms with Crippen LogP contribution in [0.25, 0.3) is 0 Å². The van der Waals surface area contributed by atoms with E-state index in [1.54, 1.807) is 19.9 Å². The van der Waals surface area contributed by atoms with E-state index < -0.39 is 116 Å². The van der Waals surface area contributed by atoms with E-state index in [2.05, 4.69) is 29.4 Å². The summed E-state index contributed by atoms with van der Waals surface area (Å²) < 4.78 is 7.07. The fourth-order valence-electron chi connectivity index (χ4n) is 19.2. The van der Waals surface area contributed by atoms with E-state index in [-0.39, 0.29) is 87.8 Å². The summed E-state index contributed by atoms with van der Waals surface area (Å²) in [5.41, 5.74) is -7.93. The summed E-state index contributed by atoms with van der Waals surface area (Å²) in [5, 5.41) is 133. The second-order valence-electron chi connectivity index (χ2n) is 25.5. The van der Waals surface area contributed by atoms with Crippen LogP contribution in [0.2, 0.25) is 0 Å². The summed E-state index contributed by atoms with van der Waals surface area (Å²) in [6.45, 7) is 4.55. The number of rotatable bonds is 12. The second kappa shape index (κ2) is 17.8. The SMILES string of the molecule is CCC[C@@H]1CC[C@H]2[C@@H]3[C@H](O)CCC[C@](O)([C@](C)(O)[C@H]4CC[C@@]5(O)C6=C(NC[C@H](C)O)C(=O)[C@@]78CC#C[C@@H](CO)[C@@]45C[C@]4(O)C=C[C@@]5(C9=C(CCCO)NC(N)C=C9)C=C[C@@]64[C@]7(C[C@H](O)[C@H](O)C8)C5)[C@@H]3O[C@@H]2CC1. The maximum Gasteiger partial charge on any atom is 0.186 e. The average Bonchev–Trinajstić information content (AvgIpc) is 3.66. The number of fused-ring (bicyclic) bond motifs is 6. The van der Waals surface area contributed by atoms with Crippen molar-refractivity contribution in [2.24, 2.45) is 62.4 Å². The molecule has 13 aliphatic rings. The van der Waals surface area contributed by atoms with Crippen LogP contribution >= 0.6 is 0 Å². The Morgan fingerprint density at radius 3 is 2.47 bits per heavy atom. The predicted molar refractivity (Wildman–Crippen MR) is 270 cm³/mol. The number of nitrogens with two attached hydrogens (primary N) is 1. The van der Waals surface area contributed by atoms with Gasteiger partial charge in [-0.05, 0) is 127 Å². The molecule has 2 aliphatic heterocycles. The molecule has 1 saturated heterocycles. The number of dihydropyridines is 1. The normalized spacial score (nSPS) is 50.4. The van der Waals surface area contributed by atoms with E-state index in [9.17, 15) is 51.1 Å². The molecule has 15 nitrogen and oxygen atoms in total. The third-order valence-electron chi connectivity index (χ3n) is 22.2. The Hall–Kier alpha value is -2.95. The van der Waals surface area contributed by atoms with Crippen molar-refractivity contribution in [2.45, 2.75) is 202 Å². The fourth-order valence-corrected chi connectivity index (χ4v) is 19.2. The first-order valence-electron chi connectivity index (χ1n) is 28.0. The van der Waals surface area contributed by atoms with Crippen LogP contribution in [0.1, 0.15) is 136 Å². The van der Waals surface area contributed by atoms with Crippen LogP contribution in [0, 0.1) is 68.5 Å². The summed E-state index contributed by atoms with van der Waals surface area (Å²) in [4.78, 5) is 16.5. The highest BCUT2D eigenvalue weighted by atomic mass is 16.5. The van der Waals surface area contributed by atoms with Gasteiger partial charge in [0.15, 0.2) is 5.78 Å². The molecule has 402 valence electrons. The molecular formula is C58H83N3O12. The number of aliphatic hydroxyl groups is 10. The smallest absolute Gasteiger partial charge is 0.186 e. The molecule has 11 aliphatic carbocycles. The molecular weight excluding hydrogens is 931 g/mol. The van der Waals surface area contributed by atoms with E-state index in [1.165, 1.54) is 0 Å². The maximum absolute atomic E-state index is 16.5. The van der Waals surface area contributed by atoms with E-state index in [0.717, 1.165) is 49.8 Å². The number of allylic oxidation sites excluding steroid dienone is 6. The molecule has 4 spiro atoms. The van der Waals surface area contributed by atoms with Crippen molar-refractivity contribution in [1.29, 1.82) is 0 Å². The van der Waals surface area contributed by atoms with Crippen LogP contribution in [0.5, 0.6) is 0 Å². The predicted octanol–water partition coefficient (Wildman–Crippen LogP) is 2.55. The van der Waals surface area contributed by atoms with Gasteiger partial charge in [0.2, 0.25) is 0 Å². The van der Waals surface area contributed by atoms with Crippen LogP contribution in [-0.2, 0) is 9.53 Å². The zero-order chi connectivity index (χ0) is 51.9. The molecule has 0 amide bonds. The number of hydrogen-bond acceptors (Lipinski definition) is 15. The Labute approximate surface area is 430 Å². The Morgan fingerprint density at radius 1 is 0.973 bits per heavy atom. The first-order chi connectivity index (χ1) is 34.6. The van der Waals surface area contributed by atoms with E-state index in [1.807, 2.05) is 30.4 Å². The van der Waals surface area contributed by atoms with Gasteiger partial charge in [0, 0.05) is 58.9 Å². The van der Waals surface area contributed by atoms with E-state index in [4.69, 9.17) is 10.5 Å². The number of carbonyl (C=O) groups excluding carboxylic acids is 1. The lowest BCUT2D eigenvalue weighted by Gasteiger charge is -2.76. The van der Waals surface area contributed by atoms with E-state index >= 15 is 4.79 Å². The molecule has 7 bridgehead atoms. The fraction of sp³-hybridized carbons (Fsp3) is 0.776. The number of ether oxygens (including phenoxy) is 1. The quantitative estimate of drug-likeness (QED) is 0.0989. The average molecular weight is 1010 g/mol. The highest BCUT2D eigenvalue weighted by Crippen LogP contribution is 2.85. The molecule has 0 aromatic carbocycles. The summed E-state index contributed by atoms with van der Waals surface area (Å²) in [6, 6.07) is 0. The third-order valence-corrected chi connectivity index (χ3v) is 22.2. The molecule has 21 atom stereocenters. The van der Waals surface area contributed by atoms with Crippen molar-refractivity contribution in [1.82, 2.24) is 10.6 Å². The Kier molecular flexibility index (Phi) is 12.7.